The zero-order valence-corrected chi connectivity index (χ0v) is 18.5. The molecule has 4 aliphatic rings. The van der Waals surface area contributed by atoms with Crippen molar-refractivity contribution in [3.05, 3.63) is 0 Å². The van der Waals surface area contributed by atoms with E-state index in [1.165, 1.54) is 19.3 Å². The highest BCUT2D eigenvalue weighted by atomic mass is 16.5. The van der Waals surface area contributed by atoms with Gasteiger partial charge >= 0.3 is 12.0 Å². The third-order valence-corrected chi connectivity index (χ3v) is 6.75. The molecular formula is C22H35N3O5. The Morgan fingerprint density at radius 2 is 1.43 bits per heavy atom. The number of imide groups is 1. The Morgan fingerprint density at radius 3 is 1.90 bits per heavy atom. The van der Waals surface area contributed by atoms with Crippen molar-refractivity contribution in [1.29, 1.82) is 0 Å². The lowest BCUT2D eigenvalue weighted by Gasteiger charge is -2.55. The van der Waals surface area contributed by atoms with Crippen molar-refractivity contribution in [2.45, 2.75) is 78.3 Å². The second kappa shape index (κ2) is 8.94. The smallest absolute Gasteiger partial charge is 0.329 e. The Kier molecular flexibility index (Phi) is 6.72. The largest absolute Gasteiger partial charge is 0.454 e. The first kappa shape index (κ1) is 22.6. The van der Waals surface area contributed by atoms with Crippen LogP contribution in [0, 0.1) is 29.1 Å². The molecule has 4 aliphatic carbocycles. The average Bonchev–Trinajstić information content (AvgIpc) is 2.61. The quantitative estimate of drug-likeness (QED) is 0.545. The molecule has 0 aliphatic heterocycles. The van der Waals surface area contributed by atoms with Crippen molar-refractivity contribution >= 4 is 23.8 Å². The number of hydrogen-bond acceptors (Lipinski definition) is 5. The van der Waals surface area contributed by atoms with E-state index in [2.05, 4.69) is 16.0 Å². The Balaban J connectivity index is 1.54. The molecule has 4 fully saturated rings. The van der Waals surface area contributed by atoms with E-state index >= 15 is 0 Å². The van der Waals surface area contributed by atoms with Gasteiger partial charge in [0, 0.05) is 11.5 Å². The van der Waals surface area contributed by atoms with Crippen LogP contribution < -0.4 is 16.0 Å². The van der Waals surface area contributed by atoms with Gasteiger partial charge in [-0.3, -0.25) is 14.9 Å². The summed E-state index contributed by atoms with van der Waals surface area (Å²) >= 11 is 0. The monoisotopic (exact) mass is 421 g/mol. The van der Waals surface area contributed by atoms with Gasteiger partial charge < -0.3 is 15.4 Å². The van der Waals surface area contributed by atoms with E-state index in [1.807, 2.05) is 13.8 Å². The van der Waals surface area contributed by atoms with Gasteiger partial charge in [0.05, 0.1) is 0 Å². The standard InChI is InChI=1S/C22H35N3O5/c1-12(2)18(19(27)30-11-17(26)24-21(29)23-13(3)4)25-20(28)22-8-14-5-15(9-22)7-16(6-14)10-22/h12-16,18H,5-11H2,1-4H3,(H,25,28)(H2,23,24,26,29)/t14?,15?,16?,18-,22?/m0/s1. The van der Waals surface area contributed by atoms with Crippen LogP contribution in [0.4, 0.5) is 4.79 Å². The van der Waals surface area contributed by atoms with Gasteiger partial charge in [-0.15, -0.1) is 0 Å². The van der Waals surface area contributed by atoms with Gasteiger partial charge in [0.15, 0.2) is 6.61 Å². The van der Waals surface area contributed by atoms with Crippen molar-refractivity contribution in [3.8, 4) is 0 Å². The minimum absolute atomic E-state index is 0.0435. The van der Waals surface area contributed by atoms with E-state index in [1.54, 1.807) is 13.8 Å². The van der Waals surface area contributed by atoms with Gasteiger partial charge in [-0.1, -0.05) is 13.8 Å². The maximum Gasteiger partial charge on any atom is 0.329 e. The van der Waals surface area contributed by atoms with Gasteiger partial charge in [-0.2, -0.15) is 0 Å². The van der Waals surface area contributed by atoms with Crippen LogP contribution in [0.2, 0.25) is 0 Å². The van der Waals surface area contributed by atoms with Gasteiger partial charge in [0.2, 0.25) is 5.91 Å². The molecule has 0 aromatic heterocycles. The second-order valence-electron chi connectivity index (χ2n) is 10.2. The zero-order chi connectivity index (χ0) is 22.1. The second-order valence-corrected chi connectivity index (χ2v) is 10.2. The molecule has 3 N–H and O–H groups in total. The topological polar surface area (TPSA) is 114 Å². The van der Waals surface area contributed by atoms with Crippen LogP contribution in [-0.4, -0.2) is 42.5 Å². The number of rotatable bonds is 7. The van der Waals surface area contributed by atoms with Crippen molar-refractivity contribution in [3.63, 3.8) is 0 Å². The number of ether oxygens (including phenoxy) is 1. The molecule has 8 nitrogen and oxygen atoms in total. The van der Waals surface area contributed by atoms with E-state index in [4.69, 9.17) is 4.74 Å². The molecule has 0 aromatic carbocycles. The van der Waals surface area contributed by atoms with E-state index in [9.17, 15) is 19.2 Å². The Hall–Kier alpha value is -2.12. The first-order chi connectivity index (χ1) is 14.1. The fraction of sp³-hybridized carbons (Fsp3) is 0.818. The molecule has 168 valence electrons. The summed E-state index contributed by atoms with van der Waals surface area (Å²) in [6.07, 6.45) is 6.46. The fourth-order valence-corrected chi connectivity index (χ4v) is 5.87. The summed E-state index contributed by atoms with van der Waals surface area (Å²) in [5.74, 6) is 0.311. The lowest BCUT2D eigenvalue weighted by molar-refractivity contribution is -0.157. The van der Waals surface area contributed by atoms with E-state index in [-0.39, 0.29) is 23.3 Å². The first-order valence-corrected chi connectivity index (χ1v) is 11.2. The van der Waals surface area contributed by atoms with Crippen LogP contribution in [0.1, 0.15) is 66.2 Å². The first-order valence-electron chi connectivity index (χ1n) is 11.2. The molecule has 30 heavy (non-hydrogen) atoms. The van der Waals surface area contributed by atoms with Gasteiger partial charge in [-0.05, 0) is 76.0 Å². The van der Waals surface area contributed by atoms with Gasteiger partial charge in [-0.25, -0.2) is 9.59 Å². The Bertz CT molecular complexity index is 668. The number of amides is 4. The summed E-state index contributed by atoms with van der Waals surface area (Å²) in [5.41, 5.74) is -0.353. The number of carbonyl (C=O) groups excluding carboxylic acids is 4. The lowest BCUT2D eigenvalue weighted by Crippen LogP contribution is -2.57. The van der Waals surface area contributed by atoms with Crippen molar-refractivity contribution < 1.29 is 23.9 Å². The zero-order valence-electron chi connectivity index (χ0n) is 18.5. The van der Waals surface area contributed by atoms with Crippen LogP contribution in [0.25, 0.3) is 0 Å². The van der Waals surface area contributed by atoms with Crippen molar-refractivity contribution in [2.24, 2.45) is 29.1 Å². The van der Waals surface area contributed by atoms with Gasteiger partial charge in [0.1, 0.15) is 6.04 Å². The molecule has 4 amide bonds. The molecule has 0 heterocycles. The van der Waals surface area contributed by atoms with E-state index in [0.29, 0.717) is 17.8 Å². The average molecular weight is 422 g/mol. The highest BCUT2D eigenvalue weighted by molar-refractivity contribution is 5.96. The molecule has 4 saturated carbocycles. The summed E-state index contributed by atoms with van der Waals surface area (Å²) in [6.45, 7) is 6.64. The molecular weight excluding hydrogens is 386 g/mol. The molecule has 0 spiro atoms. The minimum Gasteiger partial charge on any atom is -0.454 e. The van der Waals surface area contributed by atoms with Crippen LogP contribution in [-0.2, 0) is 19.1 Å². The number of carbonyl (C=O) groups is 4. The molecule has 0 saturated heterocycles. The Morgan fingerprint density at radius 1 is 0.900 bits per heavy atom. The third-order valence-electron chi connectivity index (χ3n) is 6.75. The highest BCUT2D eigenvalue weighted by Crippen LogP contribution is 2.60. The summed E-state index contributed by atoms with van der Waals surface area (Å²) in [6, 6.07) is -1.57. The Labute approximate surface area is 178 Å². The van der Waals surface area contributed by atoms with Crippen LogP contribution in [0.15, 0.2) is 0 Å². The molecule has 1 atom stereocenters. The maximum atomic E-state index is 13.3. The van der Waals surface area contributed by atoms with Crippen LogP contribution in [0.3, 0.4) is 0 Å². The van der Waals surface area contributed by atoms with Gasteiger partial charge in [0.25, 0.3) is 5.91 Å². The van der Waals surface area contributed by atoms with E-state index < -0.39 is 30.6 Å². The fourth-order valence-electron chi connectivity index (χ4n) is 5.87. The van der Waals surface area contributed by atoms with Crippen LogP contribution in [0.5, 0.6) is 0 Å². The van der Waals surface area contributed by atoms with E-state index in [0.717, 1.165) is 19.3 Å². The molecule has 0 aromatic rings. The summed E-state index contributed by atoms with van der Waals surface area (Å²) in [7, 11) is 0. The molecule has 0 radical (unpaired) electrons. The SMILES string of the molecule is CC(C)NC(=O)NC(=O)COC(=O)[C@@H](NC(=O)C12CC3CC(CC(C3)C1)C2)C(C)C. The molecule has 4 rings (SSSR count). The summed E-state index contributed by atoms with van der Waals surface area (Å²) in [4.78, 5) is 49.3. The third kappa shape index (κ3) is 5.13. The minimum atomic E-state index is -0.817. The molecule has 4 bridgehead atoms. The number of hydrogen-bond donors (Lipinski definition) is 3. The van der Waals surface area contributed by atoms with Crippen LogP contribution >= 0.6 is 0 Å². The maximum absolute atomic E-state index is 13.3. The molecule has 0 unspecified atom stereocenters. The summed E-state index contributed by atoms with van der Waals surface area (Å²) in [5, 5.41) is 7.57. The normalized spacial score (nSPS) is 30.1. The number of esters is 1. The lowest BCUT2D eigenvalue weighted by atomic mass is 9.49. The highest BCUT2D eigenvalue weighted by Gasteiger charge is 2.55. The number of urea groups is 1. The predicted octanol–water partition coefficient (Wildman–Crippen LogP) is 2.12. The molecule has 8 heteroatoms. The summed E-state index contributed by atoms with van der Waals surface area (Å²) < 4.78 is 5.11. The van der Waals surface area contributed by atoms with Crippen molar-refractivity contribution in [1.82, 2.24) is 16.0 Å². The van der Waals surface area contributed by atoms with Crippen molar-refractivity contribution in [2.75, 3.05) is 6.61 Å². The predicted molar refractivity (Wildman–Crippen MR) is 110 cm³/mol. The number of nitrogens with one attached hydrogen (secondary N) is 3.